The summed E-state index contributed by atoms with van der Waals surface area (Å²) in [6.45, 7) is 2.60. The maximum atomic E-state index is 12.7. The zero-order valence-corrected chi connectivity index (χ0v) is 9.51. The lowest BCUT2D eigenvalue weighted by Crippen LogP contribution is -2.28. The van der Waals surface area contributed by atoms with Crippen LogP contribution in [0, 0.1) is 5.82 Å². The zero-order chi connectivity index (χ0) is 10.6. The summed E-state index contributed by atoms with van der Waals surface area (Å²) in [5.41, 5.74) is 0.978. The largest absolute Gasteiger partial charge is 0.395 e. The van der Waals surface area contributed by atoms with Gasteiger partial charge in [0, 0.05) is 17.1 Å². The molecule has 0 unspecified atom stereocenters. The summed E-state index contributed by atoms with van der Waals surface area (Å²) < 4.78 is 13.5. The molecule has 0 saturated heterocycles. The third kappa shape index (κ3) is 3.36. The van der Waals surface area contributed by atoms with E-state index in [1.165, 1.54) is 12.1 Å². The van der Waals surface area contributed by atoms with Crippen LogP contribution in [0.3, 0.4) is 0 Å². The van der Waals surface area contributed by atoms with Crippen LogP contribution in [0.5, 0.6) is 0 Å². The monoisotopic (exact) mass is 261 g/mol. The smallest absolute Gasteiger partial charge is 0.124 e. The van der Waals surface area contributed by atoms with E-state index in [1.54, 1.807) is 6.07 Å². The van der Waals surface area contributed by atoms with Crippen molar-refractivity contribution in [2.75, 3.05) is 6.61 Å². The minimum Gasteiger partial charge on any atom is -0.395 e. The standard InChI is InChI=1S/C10H13BrFNO/c1-7(6-14)13-5-8-2-3-9(12)4-10(8)11/h2-4,7,13-14H,5-6H2,1H3/t7-/m1/s1. The molecule has 0 aliphatic rings. The van der Waals surface area contributed by atoms with Crippen LogP contribution in [0.4, 0.5) is 4.39 Å². The van der Waals surface area contributed by atoms with Gasteiger partial charge in [-0.2, -0.15) is 0 Å². The molecule has 78 valence electrons. The Bertz CT molecular complexity index is 306. The third-order valence-electron chi connectivity index (χ3n) is 1.93. The second kappa shape index (κ2) is 5.44. The highest BCUT2D eigenvalue weighted by atomic mass is 79.9. The van der Waals surface area contributed by atoms with Crippen LogP contribution in [0.1, 0.15) is 12.5 Å². The van der Waals surface area contributed by atoms with Gasteiger partial charge in [0.15, 0.2) is 0 Å². The molecule has 1 rings (SSSR count). The topological polar surface area (TPSA) is 32.3 Å². The molecule has 1 atom stereocenters. The molecule has 0 bridgehead atoms. The Balaban J connectivity index is 2.59. The van der Waals surface area contributed by atoms with E-state index in [4.69, 9.17) is 5.11 Å². The molecule has 2 nitrogen and oxygen atoms in total. The summed E-state index contributed by atoms with van der Waals surface area (Å²) in [5.74, 6) is -0.254. The fourth-order valence-corrected chi connectivity index (χ4v) is 1.50. The lowest BCUT2D eigenvalue weighted by atomic mass is 10.2. The summed E-state index contributed by atoms with van der Waals surface area (Å²) in [6.07, 6.45) is 0. The molecule has 0 radical (unpaired) electrons. The summed E-state index contributed by atoms with van der Waals surface area (Å²) in [6, 6.07) is 4.62. The Morgan fingerprint density at radius 2 is 2.29 bits per heavy atom. The molecule has 0 amide bonds. The highest BCUT2D eigenvalue weighted by molar-refractivity contribution is 9.10. The van der Waals surface area contributed by atoms with Crippen molar-refractivity contribution >= 4 is 15.9 Å². The van der Waals surface area contributed by atoms with Crippen LogP contribution in [0.2, 0.25) is 0 Å². The number of benzene rings is 1. The van der Waals surface area contributed by atoms with Crippen molar-refractivity contribution in [1.82, 2.24) is 5.32 Å². The molecule has 0 saturated carbocycles. The predicted octanol–water partition coefficient (Wildman–Crippen LogP) is 2.06. The SMILES string of the molecule is C[C@H](CO)NCc1ccc(F)cc1Br. The lowest BCUT2D eigenvalue weighted by molar-refractivity contribution is 0.251. The van der Waals surface area contributed by atoms with Crippen molar-refractivity contribution in [3.8, 4) is 0 Å². The van der Waals surface area contributed by atoms with Gasteiger partial charge < -0.3 is 10.4 Å². The average molecular weight is 262 g/mol. The molecular weight excluding hydrogens is 249 g/mol. The number of rotatable bonds is 4. The van der Waals surface area contributed by atoms with Gasteiger partial charge in [-0.1, -0.05) is 22.0 Å². The first kappa shape index (κ1) is 11.6. The molecule has 14 heavy (non-hydrogen) atoms. The number of halogens is 2. The number of hydrogen-bond acceptors (Lipinski definition) is 2. The summed E-state index contributed by atoms with van der Waals surface area (Å²) in [4.78, 5) is 0. The van der Waals surface area contributed by atoms with Crippen molar-refractivity contribution in [2.45, 2.75) is 19.5 Å². The molecule has 0 spiro atoms. The van der Waals surface area contributed by atoms with Crippen molar-refractivity contribution in [3.63, 3.8) is 0 Å². The van der Waals surface area contributed by atoms with Crippen LogP contribution in [-0.4, -0.2) is 17.8 Å². The lowest BCUT2D eigenvalue weighted by Gasteiger charge is -2.11. The summed E-state index contributed by atoms with van der Waals surface area (Å²) in [5, 5.41) is 11.9. The van der Waals surface area contributed by atoms with E-state index in [0.29, 0.717) is 6.54 Å². The van der Waals surface area contributed by atoms with Crippen LogP contribution >= 0.6 is 15.9 Å². The van der Waals surface area contributed by atoms with Crippen molar-refractivity contribution in [1.29, 1.82) is 0 Å². The van der Waals surface area contributed by atoms with Gasteiger partial charge in [0.1, 0.15) is 5.82 Å². The van der Waals surface area contributed by atoms with E-state index in [-0.39, 0.29) is 18.5 Å². The number of aliphatic hydroxyl groups is 1. The fourth-order valence-electron chi connectivity index (χ4n) is 1.01. The Labute approximate surface area is 91.3 Å². The van der Waals surface area contributed by atoms with Crippen LogP contribution in [0.15, 0.2) is 22.7 Å². The van der Waals surface area contributed by atoms with Gasteiger partial charge in [-0.15, -0.1) is 0 Å². The van der Waals surface area contributed by atoms with Crippen molar-refractivity contribution in [3.05, 3.63) is 34.1 Å². The second-order valence-electron chi connectivity index (χ2n) is 3.20. The molecule has 4 heteroatoms. The Kier molecular flexibility index (Phi) is 4.51. The maximum absolute atomic E-state index is 12.7. The van der Waals surface area contributed by atoms with E-state index in [0.717, 1.165) is 10.0 Å². The van der Waals surface area contributed by atoms with Crippen LogP contribution < -0.4 is 5.32 Å². The Morgan fingerprint density at radius 1 is 1.57 bits per heavy atom. The van der Waals surface area contributed by atoms with Gasteiger partial charge in [-0.3, -0.25) is 0 Å². The molecule has 1 aromatic rings. The molecule has 0 aromatic heterocycles. The molecule has 0 heterocycles. The molecule has 1 aromatic carbocycles. The van der Waals surface area contributed by atoms with E-state index in [1.807, 2.05) is 6.92 Å². The first-order chi connectivity index (χ1) is 6.63. The van der Waals surface area contributed by atoms with E-state index in [2.05, 4.69) is 21.2 Å². The average Bonchev–Trinajstić information content (AvgIpc) is 2.16. The normalized spacial score (nSPS) is 12.9. The van der Waals surface area contributed by atoms with Crippen molar-refractivity contribution in [2.24, 2.45) is 0 Å². The van der Waals surface area contributed by atoms with Gasteiger partial charge >= 0.3 is 0 Å². The van der Waals surface area contributed by atoms with Gasteiger partial charge in [-0.05, 0) is 24.6 Å². The minimum absolute atomic E-state index is 0.0481. The predicted molar refractivity (Wildman–Crippen MR) is 57.5 cm³/mol. The first-order valence-corrected chi connectivity index (χ1v) is 5.21. The number of aliphatic hydroxyl groups excluding tert-OH is 1. The van der Waals surface area contributed by atoms with E-state index in [9.17, 15) is 4.39 Å². The number of hydrogen-bond donors (Lipinski definition) is 2. The van der Waals surface area contributed by atoms with E-state index >= 15 is 0 Å². The van der Waals surface area contributed by atoms with E-state index < -0.39 is 0 Å². The van der Waals surface area contributed by atoms with Crippen molar-refractivity contribution < 1.29 is 9.50 Å². The van der Waals surface area contributed by atoms with Gasteiger partial charge in [0.2, 0.25) is 0 Å². The third-order valence-corrected chi connectivity index (χ3v) is 2.67. The molecule has 2 N–H and O–H groups in total. The molecule has 0 fully saturated rings. The maximum Gasteiger partial charge on any atom is 0.124 e. The van der Waals surface area contributed by atoms with Crippen LogP contribution in [-0.2, 0) is 6.54 Å². The summed E-state index contributed by atoms with van der Waals surface area (Å²) in [7, 11) is 0. The molecule has 0 aliphatic carbocycles. The highest BCUT2D eigenvalue weighted by Gasteiger charge is 2.03. The summed E-state index contributed by atoms with van der Waals surface area (Å²) >= 11 is 3.28. The fraction of sp³-hybridized carbons (Fsp3) is 0.400. The van der Waals surface area contributed by atoms with Gasteiger partial charge in [-0.25, -0.2) is 4.39 Å². The zero-order valence-electron chi connectivity index (χ0n) is 7.93. The molecular formula is C10H13BrFNO. The first-order valence-electron chi connectivity index (χ1n) is 4.41. The van der Waals surface area contributed by atoms with Gasteiger partial charge in [0.25, 0.3) is 0 Å². The van der Waals surface area contributed by atoms with Gasteiger partial charge in [0.05, 0.1) is 6.61 Å². The van der Waals surface area contributed by atoms with Crippen LogP contribution in [0.25, 0.3) is 0 Å². The second-order valence-corrected chi connectivity index (χ2v) is 4.05. The Morgan fingerprint density at radius 3 is 2.86 bits per heavy atom. The quantitative estimate of drug-likeness (QED) is 0.870. The highest BCUT2D eigenvalue weighted by Crippen LogP contribution is 2.17. The Hall–Kier alpha value is -0.450. The minimum atomic E-state index is -0.254. The number of nitrogens with one attached hydrogen (secondary N) is 1. The molecule has 0 aliphatic heterocycles.